The van der Waals surface area contributed by atoms with Crippen LogP contribution in [0, 0.1) is 0 Å². The molecule has 33 heavy (non-hydrogen) atoms. The average Bonchev–Trinajstić information content (AvgIpc) is 2.71. The normalized spacial score (nSPS) is 14.5. The molecule has 0 saturated carbocycles. The summed E-state index contributed by atoms with van der Waals surface area (Å²) >= 11 is 0. The molecule has 1 aromatic heterocycles. The zero-order valence-corrected chi connectivity index (χ0v) is 20.5. The molecule has 3 rings (SSSR count). The lowest BCUT2D eigenvalue weighted by Gasteiger charge is -2.35. The summed E-state index contributed by atoms with van der Waals surface area (Å²) in [6.45, 7) is 11.7. The molecule has 0 amide bonds. The number of benzene rings is 1. The third-order valence-electron chi connectivity index (χ3n) is 6.34. The van der Waals surface area contributed by atoms with Gasteiger partial charge in [0.05, 0.1) is 11.0 Å². The summed E-state index contributed by atoms with van der Waals surface area (Å²) in [6, 6.07) is 1.40. The van der Waals surface area contributed by atoms with Gasteiger partial charge in [0.2, 0.25) is 5.43 Å². The van der Waals surface area contributed by atoms with Crippen LogP contribution in [0.3, 0.4) is 0 Å². The highest BCUT2D eigenvalue weighted by molar-refractivity contribution is 5.95. The third kappa shape index (κ3) is 4.68. The van der Waals surface area contributed by atoms with Gasteiger partial charge in [-0.1, -0.05) is 34.9 Å². The van der Waals surface area contributed by atoms with E-state index in [1.54, 1.807) is 0 Å². The number of hydrogen-bond donors (Lipinski definition) is 2. The van der Waals surface area contributed by atoms with Gasteiger partial charge in [-0.25, -0.2) is 0 Å². The smallest absolute Gasteiger partial charge is 0.200 e. The van der Waals surface area contributed by atoms with Gasteiger partial charge in [0.25, 0.3) is 0 Å². The van der Waals surface area contributed by atoms with Crippen molar-refractivity contribution in [2.75, 3.05) is 0 Å². The molecule has 0 fully saturated rings. The fourth-order valence-corrected chi connectivity index (χ4v) is 4.45. The molecule has 0 unspecified atom stereocenters. The van der Waals surface area contributed by atoms with Crippen LogP contribution in [-0.4, -0.2) is 16.0 Å². The second kappa shape index (κ2) is 9.42. The number of aromatic hydroxyl groups is 2. The van der Waals surface area contributed by atoms with Crippen molar-refractivity contribution in [3.8, 4) is 11.5 Å². The number of aryl methyl sites for hydroxylation is 1. The maximum absolute atomic E-state index is 13.9. The van der Waals surface area contributed by atoms with Crippen molar-refractivity contribution >= 4 is 16.8 Å². The molecule has 1 aliphatic rings. The van der Waals surface area contributed by atoms with E-state index in [0.29, 0.717) is 30.6 Å². The van der Waals surface area contributed by atoms with Crippen molar-refractivity contribution < 1.29 is 19.4 Å². The first-order valence-corrected chi connectivity index (χ1v) is 11.4. The maximum atomic E-state index is 13.9. The zero-order valence-electron chi connectivity index (χ0n) is 20.5. The van der Waals surface area contributed by atoms with E-state index in [1.807, 2.05) is 59.8 Å². The van der Waals surface area contributed by atoms with Gasteiger partial charge in [-0.3, -0.25) is 9.59 Å². The van der Waals surface area contributed by atoms with E-state index in [2.05, 4.69) is 0 Å². The van der Waals surface area contributed by atoms with Gasteiger partial charge in [0.1, 0.15) is 34.0 Å². The van der Waals surface area contributed by atoms with Crippen molar-refractivity contribution in [3.05, 3.63) is 68.1 Å². The highest BCUT2D eigenvalue weighted by atomic mass is 16.3. The zero-order chi connectivity index (χ0) is 24.5. The first kappa shape index (κ1) is 24.6. The standard InChI is InChI=1S/C28H34O5/c1-16(2)7-8-19-20(29)15-22-24(26(19)31)27(32)25-21(33-22)9-10-23(30)28(25,13-11-17(3)4)14-12-18(5)6/h7,11-12,15,29,31H,8-10,13-14H2,1-6H3. The van der Waals surface area contributed by atoms with E-state index >= 15 is 0 Å². The molecule has 176 valence electrons. The summed E-state index contributed by atoms with van der Waals surface area (Å²) < 4.78 is 6.10. The number of Topliss-reactive ketones (excluding diaryl/α,β-unsaturated/α-hetero) is 1. The number of allylic oxidation sites excluding steroid dienone is 6. The Balaban J connectivity index is 2.38. The molecule has 1 heterocycles. The van der Waals surface area contributed by atoms with E-state index < -0.39 is 5.41 Å². The predicted octanol–water partition coefficient (Wildman–Crippen LogP) is 6.18. The van der Waals surface area contributed by atoms with Gasteiger partial charge in [-0.2, -0.15) is 0 Å². The number of hydrogen-bond acceptors (Lipinski definition) is 5. The number of rotatable bonds is 6. The third-order valence-corrected chi connectivity index (χ3v) is 6.34. The Morgan fingerprint density at radius 1 is 0.939 bits per heavy atom. The van der Waals surface area contributed by atoms with E-state index in [9.17, 15) is 19.8 Å². The van der Waals surface area contributed by atoms with Gasteiger partial charge < -0.3 is 14.6 Å². The van der Waals surface area contributed by atoms with Gasteiger partial charge in [-0.15, -0.1) is 0 Å². The lowest BCUT2D eigenvalue weighted by atomic mass is 9.66. The summed E-state index contributed by atoms with van der Waals surface area (Å²) in [5.74, 6) is 0.0789. The number of fused-ring (bicyclic) bond motifs is 2. The van der Waals surface area contributed by atoms with Gasteiger partial charge in [0.15, 0.2) is 0 Å². The van der Waals surface area contributed by atoms with Gasteiger partial charge in [0, 0.05) is 24.5 Å². The molecular formula is C28H34O5. The lowest BCUT2D eigenvalue weighted by molar-refractivity contribution is -0.125. The topological polar surface area (TPSA) is 87.7 Å². The highest BCUT2D eigenvalue weighted by Gasteiger charge is 2.46. The van der Waals surface area contributed by atoms with Crippen LogP contribution in [0.4, 0.5) is 0 Å². The Morgan fingerprint density at radius 2 is 1.52 bits per heavy atom. The second-order valence-electron chi connectivity index (χ2n) is 9.79. The van der Waals surface area contributed by atoms with E-state index in [1.165, 1.54) is 6.07 Å². The van der Waals surface area contributed by atoms with Crippen LogP contribution in [0.25, 0.3) is 11.0 Å². The van der Waals surface area contributed by atoms with Crippen molar-refractivity contribution in [1.29, 1.82) is 0 Å². The minimum Gasteiger partial charge on any atom is -0.507 e. The van der Waals surface area contributed by atoms with E-state index in [0.717, 1.165) is 16.7 Å². The molecule has 0 atom stereocenters. The molecule has 1 aliphatic carbocycles. The molecular weight excluding hydrogens is 416 g/mol. The molecule has 0 spiro atoms. The van der Waals surface area contributed by atoms with E-state index in [-0.39, 0.29) is 52.1 Å². The largest absolute Gasteiger partial charge is 0.507 e. The monoisotopic (exact) mass is 450 g/mol. The first-order valence-electron chi connectivity index (χ1n) is 11.4. The lowest BCUT2D eigenvalue weighted by Crippen LogP contribution is -2.44. The highest BCUT2D eigenvalue weighted by Crippen LogP contribution is 2.43. The maximum Gasteiger partial charge on any atom is 0.200 e. The van der Waals surface area contributed by atoms with Crippen LogP contribution in [-0.2, 0) is 23.1 Å². The van der Waals surface area contributed by atoms with Crippen LogP contribution in [0.15, 0.2) is 50.2 Å². The van der Waals surface area contributed by atoms with Crippen molar-refractivity contribution in [2.45, 2.75) is 79.1 Å². The molecule has 0 bridgehead atoms. The summed E-state index contributed by atoms with van der Waals surface area (Å²) in [5, 5.41) is 21.6. The number of carbonyl (C=O) groups excluding carboxylic acids is 1. The minimum absolute atomic E-state index is 0.0136. The van der Waals surface area contributed by atoms with Gasteiger partial charge >= 0.3 is 0 Å². The Bertz CT molecular complexity index is 1220. The van der Waals surface area contributed by atoms with Crippen LogP contribution >= 0.6 is 0 Å². The number of carbonyl (C=O) groups is 1. The van der Waals surface area contributed by atoms with Crippen molar-refractivity contribution in [1.82, 2.24) is 0 Å². The molecule has 5 nitrogen and oxygen atoms in total. The summed E-state index contributed by atoms with van der Waals surface area (Å²) in [5.41, 5.74) is 2.48. The Labute approximate surface area is 195 Å². The molecule has 2 aromatic rings. The Morgan fingerprint density at radius 3 is 2.06 bits per heavy atom. The Kier molecular flexibility index (Phi) is 7.01. The predicted molar refractivity (Wildman–Crippen MR) is 132 cm³/mol. The van der Waals surface area contributed by atoms with Crippen LogP contribution < -0.4 is 5.43 Å². The van der Waals surface area contributed by atoms with Crippen molar-refractivity contribution in [3.63, 3.8) is 0 Å². The SMILES string of the molecule is CC(C)=CCc1c(O)cc2oc3c(c(=O)c2c1O)C(CC=C(C)C)(CC=C(C)C)C(=O)CC3. The molecule has 1 aromatic carbocycles. The van der Waals surface area contributed by atoms with Crippen molar-refractivity contribution in [2.24, 2.45) is 0 Å². The number of ketones is 1. The summed E-state index contributed by atoms with van der Waals surface area (Å²) in [7, 11) is 0. The summed E-state index contributed by atoms with van der Waals surface area (Å²) in [4.78, 5) is 27.4. The second-order valence-corrected chi connectivity index (χ2v) is 9.79. The number of phenolic OH excluding ortho intramolecular Hbond substituents is 2. The Hall–Kier alpha value is -3.08. The van der Waals surface area contributed by atoms with Crippen LogP contribution in [0.2, 0.25) is 0 Å². The molecule has 0 radical (unpaired) electrons. The van der Waals surface area contributed by atoms with Crippen LogP contribution in [0.1, 0.15) is 77.7 Å². The summed E-state index contributed by atoms with van der Waals surface area (Å²) in [6.07, 6.45) is 7.54. The fourth-order valence-electron chi connectivity index (χ4n) is 4.45. The fraction of sp³-hybridized carbons (Fsp3) is 0.429. The van der Waals surface area contributed by atoms with Gasteiger partial charge in [-0.05, 0) is 60.8 Å². The molecule has 5 heteroatoms. The van der Waals surface area contributed by atoms with E-state index in [4.69, 9.17) is 4.42 Å². The minimum atomic E-state index is -1.04. The molecule has 2 N–H and O–H groups in total. The van der Waals surface area contributed by atoms with Crippen LogP contribution in [0.5, 0.6) is 11.5 Å². The average molecular weight is 451 g/mol. The first-order chi connectivity index (χ1) is 15.5. The molecule has 0 aliphatic heterocycles. The molecule has 0 saturated heterocycles. The quantitative estimate of drug-likeness (QED) is 0.513. The number of phenols is 2.